The molecule has 0 aliphatic heterocycles. The van der Waals surface area contributed by atoms with Crippen LogP contribution in [0.25, 0.3) is 41.1 Å². The fourth-order valence-electron chi connectivity index (χ4n) is 5.48. The van der Waals surface area contributed by atoms with E-state index < -0.39 is 0 Å². The van der Waals surface area contributed by atoms with Crippen molar-refractivity contribution in [2.75, 3.05) is 0 Å². The molecule has 0 saturated heterocycles. The van der Waals surface area contributed by atoms with Crippen LogP contribution in [0.4, 0.5) is 0 Å². The number of thiophene rings is 2. The number of benzene rings is 3. The van der Waals surface area contributed by atoms with E-state index in [0.29, 0.717) is 0 Å². The first-order valence-corrected chi connectivity index (χ1v) is 19.5. The van der Waals surface area contributed by atoms with Gasteiger partial charge in [0.15, 0.2) is 0 Å². The molecule has 0 saturated carbocycles. The normalized spacial score (nSPS) is 8.89. The van der Waals surface area contributed by atoms with Crippen LogP contribution < -0.4 is 0 Å². The highest BCUT2D eigenvalue weighted by Crippen LogP contribution is 2.40. The lowest BCUT2D eigenvalue weighted by Crippen LogP contribution is -1.86. The largest absolute Gasteiger partial charge is 0.135 e. The van der Waals surface area contributed by atoms with Crippen molar-refractivity contribution in [2.24, 2.45) is 0 Å². The number of terminal acetylenes is 1. The first kappa shape index (κ1) is 38.4. The van der Waals surface area contributed by atoms with E-state index >= 15 is 0 Å². The van der Waals surface area contributed by atoms with Gasteiger partial charge in [-0.05, 0) is 171 Å². The van der Waals surface area contributed by atoms with Crippen LogP contribution in [0.3, 0.4) is 0 Å². The molecule has 0 nitrogen and oxygen atoms in total. The van der Waals surface area contributed by atoms with Gasteiger partial charge in [0.05, 0.1) is 0 Å². The predicted octanol–water partition coefficient (Wildman–Crippen LogP) is 11.1. The smallest absolute Gasteiger partial charge is 0.0356 e. The quantitative estimate of drug-likeness (QED) is 0.0941. The van der Waals surface area contributed by atoms with Gasteiger partial charge in [-0.1, -0.05) is 94.2 Å². The van der Waals surface area contributed by atoms with Crippen LogP contribution in [0.5, 0.6) is 0 Å². The maximum Gasteiger partial charge on any atom is 0.0356 e. The molecule has 0 amide bonds. The topological polar surface area (TPSA) is 0 Å². The Labute approximate surface area is 329 Å². The molecule has 0 radical (unpaired) electrons. The molecular formula is C52H34S2. The van der Waals surface area contributed by atoms with E-state index in [0.717, 1.165) is 5.56 Å². The first-order chi connectivity index (χ1) is 26.7. The highest BCUT2D eigenvalue weighted by atomic mass is 32.1. The van der Waals surface area contributed by atoms with Crippen molar-refractivity contribution < 1.29 is 0 Å². The predicted molar refractivity (Wildman–Crippen MR) is 232 cm³/mol. The number of fused-ring (bicyclic) bond motifs is 2. The van der Waals surface area contributed by atoms with E-state index in [4.69, 9.17) is 6.42 Å². The van der Waals surface area contributed by atoms with Crippen LogP contribution in [0.2, 0.25) is 0 Å². The maximum atomic E-state index is 4.98. The number of hydrogen-bond acceptors (Lipinski definition) is 2. The molecule has 0 aliphatic rings. The van der Waals surface area contributed by atoms with Crippen molar-refractivity contribution >= 4 is 42.8 Å². The van der Waals surface area contributed by atoms with Crippen LogP contribution in [0, 0.1) is 119 Å². The second-order valence-corrected chi connectivity index (χ2v) is 14.2. The summed E-state index contributed by atoms with van der Waals surface area (Å²) >= 11 is 3.70. The second kappa shape index (κ2) is 22.2. The zero-order chi connectivity index (χ0) is 37.5. The van der Waals surface area contributed by atoms with Crippen LogP contribution in [0.1, 0.15) is 69.4 Å². The minimum atomic E-state index is 0.891. The molecule has 0 spiro atoms. The van der Waals surface area contributed by atoms with Crippen LogP contribution in [-0.2, 0) is 6.42 Å². The summed E-state index contributed by atoms with van der Waals surface area (Å²) in [6.07, 6.45) is 17.0. The van der Waals surface area contributed by atoms with Gasteiger partial charge < -0.3 is 0 Å². The van der Waals surface area contributed by atoms with Gasteiger partial charge in [-0.25, -0.2) is 0 Å². The van der Waals surface area contributed by atoms with Gasteiger partial charge in [0.2, 0.25) is 0 Å². The van der Waals surface area contributed by atoms with Crippen molar-refractivity contribution in [3.05, 3.63) is 83.9 Å². The average molecular weight is 723 g/mol. The molecule has 54 heavy (non-hydrogen) atoms. The third-order valence-corrected chi connectivity index (χ3v) is 10.5. The van der Waals surface area contributed by atoms with Crippen LogP contribution in [0.15, 0.2) is 72.8 Å². The summed E-state index contributed by atoms with van der Waals surface area (Å²) in [5, 5.41) is 2.58. The first-order valence-electron chi connectivity index (χ1n) is 17.9. The summed E-state index contributed by atoms with van der Waals surface area (Å²) in [6, 6.07) is 26.8. The molecule has 0 N–H and O–H groups in total. The molecule has 2 heteroatoms. The fourth-order valence-corrected chi connectivity index (χ4v) is 7.68. The SMILES string of the molecule is C#CC#CC#CC#CC#CC#CC#CC#CC#CC#Cc1ccc(-c2cc3cc4sc(-c5ccc(CCCCCCCCCC)cc5)cc4cc3s2)cc1. The molecule has 2 heterocycles. The molecule has 2 aromatic heterocycles. The third-order valence-electron chi connectivity index (χ3n) is 8.16. The Morgan fingerprint density at radius 2 is 0.852 bits per heavy atom. The lowest BCUT2D eigenvalue weighted by molar-refractivity contribution is 0.575. The van der Waals surface area contributed by atoms with Gasteiger partial charge in [0, 0.05) is 36.6 Å². The molecule has 0 aliphatic carbocycles. The molecule has 0 bridgehead atoms. The lowest BCUT2D eigenvalue weighted by atomic mass is 10.0. The van der Waals surface area contributed by atoms with Gasteiger partial charge in [0.1, 0.15) is 0 Å². The van der Waals surface area contributed by atoms with Crippen molar-refractivity contribution in [1.82, 2.24) is 0 Å². The highest BCUT2D eigenvalue weighted by molar-refractivity contribution is 7.23. The molecule has 0 unspecified atom stereocenters. The summed E-state index contributed by atoms with van der Waals surface area (Å²) < 4.78 is 2.62. The Hall–Kier alpha value is -6.82. The Kier molecular flexibility index (Phi) is 15.8. The summed E-state index contributed by atoms with van der Waals surface area (Å²) in [4.78, 5) is 2.57. The van der Waals surface area contributed by atoms with E-state index in [1.807, 2.05) is 34.8 Å². The summed E-state index contributed by atoms with van der Waals surface area (Å²) in [6.45, 7) is 2.28. The standard InChI is InChI=1S/C52H34S2/c1-3-5-7-9-11-13-14-15-16-17-18-19-20-21-22-24-26-28-30-44-33-37-46(38-34-44)50-40-48-42-51-47(41-52(48)54-50)39-49(53-51)45-35-31-43(32-36-45)29-27-25-23-12-10-8-6-4-2/h1,31-42H,4,6,8,10,12,23,25,27,29H2,2H3. The van der Waals surface area contributed by atoms with Crippen molar-refractivity contribution in [1.29, 1.82) is 0 Å². The summed E-state index contributed by atoms with van der Waals surface area (Å²) in [5.74, 6) is 48.9. The minimum absolute atomic E-state index is 0.891. The minimum Gasteiger partial charge on any atom is -0.135 e. The number of rotatable bonds is 11. The molecule has 0 atom stereocenters. The molecule has 5 rings (SSSR count). The molecule has 254 valence electrons. The lowest BCUT2D eigenvalue weighted by Gasteiger charge is -2.04. The van der Waals surface area contributed by atoms with Gasteiger partial charge in [-0.3, -0.25) is 0 Å². The third kappa shape index (κ3) is 12.7. The van der Waals surface area contributed by atoms with Crippen molar-refractivity contribution in [2.45, 2.75) is 64.7 Å². The molecule has 0 fully saturated rings. The number of hydrogen-bond donors (Lipinski definition) is 0. The van der Waals surface area contributed by atoms with Crippen LogP contribution >= 0.6 is 22.7 Å². The van der Waals surface area contributed by atoms with Gasteiger partial charge in [-0.15, -0.1) is 29.1 Å². The van der Waals surface area contributed by atoms with E-state index in [1.54, 1.807) is 0 Å². The summed E-state index contributed by atoms with van der Waals surface area (Å²) in [7, 11) is 0. The van der Waals surface area contributed by atoms with Crippen LogP contribution in [-0.4, -0.2) is 0 Å². The monoisotopic (exact) mass is 722 g/mol. The molecular weight excluding hydrogens is 689 g/mol. The van der Waals surface area contributed by atoms with Gasteiger partial charge >= 0.3 is 0 Å². The Balaban J connectivity index is 1.11. The van der Waals surface area contributed by atoms with Gasteiger partial charge in [-0.2, -0.15) is 0 Å². The fraction of sp³-hybridized carbons (Fsp3) is 0.192. The zero-order valence-electron chi connectivity index (χ0n) is 30.2. The van der Waals surface area contributed by atoms with E-state index in [-0.39, 0.29) is 0 Å². The summed E-state index contributed by atoms with van der Waals surface area (Å²) in [5.41, 5.74) is 4.81. The zero-order valence-corrected chi connectivity index (χ0v) is 31.8. The van der Waals surface area contributed by atoms with E-state index in [9.17, 15) is 0 Å². The van der Waals surface area contributed by atoms with Crippen molar-refractivity contribution in [3.63, 3.8) is 0 Å². The number of aryl methyl sites for hydroxylation is 1. The Morgan fingerprint density at radius 1 is 0.444 bits per heavy atom. The van der Waals surface area contributed by atoms with E-state index in [1.165, 1.54) is 104 Å². The maximum absolute atomic E-state index is 4.98. The van der Waals surface area contributed by atoms with Gasteiger partial charge in [0.25, 0.3) is 0 Å². The van der Waals surface area contributed by atoms with E-state index in [2.05, 4.69) is 180 Å². The molecule has 3 aromatic carbocycles. The Bertz CT molecular complexity index is 2690. The average Bonchev–Trinajstić information content (AvgIpc) is 3.81. The van der Waals surface area contributed by atoms with Crippen molar-refractivity contribution in [3.8, 4) is 140 Å². The highest BCUT2D eigenvalue weighted by Gasteiger charge is 2.10. The number of unbranched alkanes of at least 4 members (excludes halogenated alkanes) is 7. The molecule has 5 aromatic rings. The second-order valence-electron chi connectivity index (χ2n) is 12.0. The Morgan fingerprint density at radius 3 is 1.31 bits per heavy atom.